The van der Waals surface area contributed by atoms with Crippen LogP contribution in [0.15, 0.2) is 29.3 Å². The van der Waals surface area contributed by atoms with Crippen LogP contribution in [0.5, 0.6) is 5.75 Å². The molecule has 0 aliphatic carbocycles. The van der Waals surface area contributed by atoms with E-state index in [-0.39, 0.29) is 48.0 Å². The van der Waals surface area contributed by atoms with Crippen LogP contribution < -0.4 is 10.1 Å². The highest BCUT2D eigenvalue weighted by Gasteiger charge is 2.09. The van der Waals surface area contributed by atoms with Crippen LogP contribution in [0.1, 0.15) is 6.92 Å². The Kier molecular flexibility index (Phi) is 11.1. The van der Waals surface area contributed by atoms with Crippen LogP contribution in [0.4, 0.5) is 4.39 Å². The van der Waals surface area contributed by atoms with Gasteiger partial charge in [0.05, 0.1) is 6.54 Å². The summed E-state index contributed by atoms with van der Waals surface area (Å²) in [5, 5.41) is 3.11. The van der Waals surface area contributed by atoms with Crippen molar-refractivity contribution in [2.45, 2.75) is 6.92 Å². The molecule has 0 unspecified atom stereocenters. The zero-order valence-electron chi connectivity index (χ0n) is 14.6. The van der Waals surface area contributed by atoms with Crippen molar-refractivity contribution in [3.05, 3.63) is 30.1 Å². The molecule has 1 amide bonds. The van der Waals surface area contributed by atoms with E-state index >= 15 is 0 Å². The molecule has 0 aliphatic heterocycles. The minimum atomic E-state index is -0.382. The van der Waals surface area contributed by atoms with Crippen molar-refractivity contribution in [3.8, 4) is 5.75 Å². The molecule has 1 rings (SSSR count). The van der Waals surface area contributed by atoms with Crippen LogP contribution in [0.25, 0.3) is 0 Å². The summed E-state index contributed by atoms with van der Waals surface area (Å²) in [4.78, 5) is 19.2. The zero-order chi connectivity index (χ0) is 17.2. The number of guanidine groups is 1. The van der Waals surface area contributed by atoms with E-state index in [1.54, 1.807) is 32.3 Å². The van der Waals surface area contributed by atoms with Gasteiger partial charge in [-0.2, -0.15) is 0 Å². The number of rotatable bonds is 7. The molecule has 0 atom stereocenters. The molecule has 0 aliphatic rings. The second kappa shape index (κ2) is 11.9. The second-order valence-electron chi connectivity index (χ2n) is 5.16. The number of benzene rings is 1. The molecular weight excluding hydrogens is 426 g/mol. The molecular formula is C16H26FIN4O2. The van der Waals surface area contributed by atoms with Gasteiger partial charge in [-0.25, -0.2) is 9.38 Å². The molecule has 1 aromatic rings. The maximum Gasteiger partial charge on any atom is 0.243 e. The fourth-order valence-corrected chi connectivity index (χ4v) is 1.71. The van der Waals surface area contributed by atoms with Gasteiger partial charge in [0.15, 0.2) is 17.5 Å². The minimum Gasteiger partial charge on any atom is -0.489 e. The number of aliphatic imine (C=N–C) groups is 1. The van der Waals surface area contributed by atoms with E-state index in [0.29, 0.717) is 25.7 Å². The molecule has 0 radical (unpaired) electrons. The molecule has 0 fully saturated rings. The van der Waals surface area contributed by atoms with Crippen molar-refractivity contribution in [1.82, 2.24) is 15.1 Å². The Labute approximate surface area is 160 Å². The number of halogens is 2. The number of carbonyl (C=O) groups is 1. The largest absolute Gasteiger partial charge is 0.489 e. The summed E-state index contributed by atoms with van der Waals surface area (Å²) in [7, 11) is 5.22. The topological polar surface area (TPSA) is 57.2 Å². The van der Waals surface area contributed by atoms with Gasteiger partial charge in [-0.05, 0) is 19.1 Å². The van der Waals surface area contributed by atoms with Gasteiger partial charge in [0, 0.05) is 27.7 Å². The Bertz CT molecular complexity index is 541. The number of likely N-dealkylation sites (N-methyl/N-ethyl adjacent to an activating group) is 2. The smallest absolute Gasteiger partial charge is 0.243 e. The van der Waals surface area contributed by atoms with Crippen molar-refractivity contribution >= 4 is 35.8 Å². The van der Waals surface area contributed by atoms with Crippen molar-refractivity contribution in [1.29, 1.82) is 0 Å². The summed E-state index contributed by atoms with van der Waals surface area (Å²) in [6, 6.07) is 6.29. The number of nitrogens with zero attached hydrogens (tertiary/aromatic N) is 3. The molecule has 1 N–H and O–H groups in total. The molecule has 6 nitrogen and oxygen atoms in total. The van der Waals surface area contributed by atoms with Crippen LogP contribution >= 0.6 is 24.0 Å². The highest BCUT2D eigenvalue weighted by Crippen LogP contribution is 2.14. The summed E-state index contributed by atoms with van der Waals surface area (Å²) < 4.78 is 18.9. The van der Waals surface area contributed by atoms with E-state index < -0.39 is 0 Å². The quantitative estimate of drug-likeness (QED) is 0.390. The van der Waals surface area contributed by atoms with Crippen LogP contribution in [0.3, 0.4) is 0 Å². The third-order valence-electron chi connectivity index (χ3n) is 3.08. The zero-order valence-corrected chi connectivity index (χ0v) is 16.9. The molecule has 1 aromatic carbocycles. The fraction of sp³-hybridized carbons (Fsp3) is 0.500. The van der Waals surface area contributed by atoms with Crippen molar-refractivity contribution in [2.24, 2.45) is 4.99 Å². The van der Waals surface area contributed by atoms with E-state index in [1.165, 1.54) is 11.0 Å². The Morgan fingerprint density at radius 2 is 1.96 bits per heavy atom. The first kappa shape index (κ1) is 22.4. The number of ether oxygens (including phenoxy) is 1. The SMILES string of the molecule is CCNC(=NCC(=O)N(C)C)N(C)CCOc1ccccc1F.I. The van der Waals surface area contributed by atoms with Crippen LogP contribution in [-0.2, 0) is 4.79 Å². The molecule has 0 heterocycles. The van der Waals surface area contributed by atoms with E-state index in [1.807, 2.05) is 18.9 Å². The van der Waals surface area contributed by atoms with Gasteiger partial charge in [0.2, 0.25) is 5.91 Å². The lowest BCUT2D eigenvalue weighted by atomic mass is 10.3. The average molecular weight is 452 g/mol. The molecule has 0 spiro atoms. The first-order valence-corrected chi connectivity index (χ1v) is 7.52. The van der Waals surface area contributed by atoms with Crippen LogP contribution in [-0.4, -0.2) is 69.1 Å². The Hall–Kier alpha value is -1.58. The highest BCUT2D eigenvalue weighted by atomic mass is 127. The lowest BCUT2D eigenvalue weighted by molar-refractivity contribution is -0.127. The number of nitrogens with one attached hydrogen (secondary N) is 1. The first-order chi connectivity index (χ1) is 11.0. The first-order valence-electron chi connectivity index (χ1n) is 7.52. The Morgan fingerprint density at radius 1 is 1.29 bits per heavy atom. The number of carbonyl (C=O) groups excluding carboxylic acids is 1. The molecule has 0 bridgehead atoms. The van der Waals surface area contributed by atoms with Gasteiger partial charge < -0.3 is 19.9 Å². The molecule has 24 heavy (non-hydrogen) atoms. The lowest BCUT2D eigenvalue weighted by Gasteiger charge is -2.22. The summed E-state index contributed by atoms with van der Waals surface area (Å²) in [5.74, 6) is 0.383. The standard InChI is InChI=1S/C16H25FN4O2.HI/c1-5-18-16(19-12-15(22)20(2)3)21(4)10-11-23-14-9-7-6-8-13(14)17;/h6-9H,5,10-12H2,1-4H3,(H,18,19);1H. The number of para-hydroxylation sites is 1. The van der Waals surface area contributed by atoms with E-state index in [2.05, 4.69) is 10.3 Å². The minimum absolute atomic E-state index is 0. The molecule has 136 valence electrons. The van der Waals surface area contributed by atoms with E-state index in [4.69, 9.17) is 4.74 Å². The van der Waals surface area contributed by atoms with Gasteiger partial charge in [-0.15, -0.1) is 24.0 Å². The molecule has 0 aromatic heterocycles. The number of amides is 1. The Balaban J connectivity index is 0.00000529. The molecule has 0 saturated carbocycles. The second-order valence-corrected chi connectivity index (χ2v) is 5.16. The van der Waals surface area contributed by atoms with Crippen LogP contribution in [0.2, 0.25) is 0 Å². The predicted molar refractivity (Wildman–Crippen MR) is 105 cm³/mol. The summed E-state index contributed by atoms with van der Waals surface area (Å²) >= 11 is 0. The fourth-order valence-electron chi connectivity index (χ4n) is 1.71. The predicted octanol–water partition coefficient (Wildman–Crippen LogP) is 1.81. The maximum atomic E-state index is 13.5. The van der Waals surface area contributed by atoms with E-state index in [9.17, 15) is 9.18 Å². The summed E-state index contributed by atoms with van der Waals surface area (Å²) in [6.07, 6.45) is 0. The maximum absolute atomic E-state index is 13.5. The van der Waals surface area contributed by atoms with Gasteiger partial charge in [-0.3, -0.25) is 4.79 Å². The summed E-state index contributed by atoms with van der Waals surface area (Å²) in [5.41, 5.74) is 0. The number of hydrogen-bond acceptors (Lipinski definition) is 3. The van der Waals surface area contributed by atoms with Gasteiger partial charge >= 0.3 is 0 Å². The highest BCUT2D eigenvalue weighted by molar-refractivity contribution is 14.0. The van der Waals surface area contributed by atoms with Crippen molar-refractivity contribution in [3.63, 3.8) is 0 Å². The Morgan fingerprint density at radius 3 is 2.54 bits per heavy atom. The number of hydrogen-bond donors (Lipinski definition) is 1. The summed E-state index contributed by atoms with van der Waals surface area (Å²) in [6.45, 7) is 3.54. The van der Waals surface area contributed by atoms with Gasteiger partial charge in [0.1, 0.15) is 13.2 Å². The third-order valence-corrected chi connectivity index (χ3v) is 3.08. The molecule has 0 saturated heterocycles. The van der Waals surface area contributed by atoms with E-state index in [0.717, 1.165) is 0 Å². The lowest BCUT2D eigenvalue weighted by Crippen LogP contribution is -2.41. The normalized spacial score (nSPS) is 10.6. The monoisotopic (exact) mass is 452 g/mol. The van der Waals surface area contributed by atoms with Crippen LogP contribution in [0, 0.1) is 5.82 Å². The average Bonchev–Trinajstić information content (AvgIpc) is 2.52. The van der Waals surface area contributed by atoms with Gasteiger partial charge in [0.25, 0.3) is 0 Å². The van der Waals surface area contributed by atoms with Gasteiger partial charge in [-0.1, -0.05) is 12.1 Å². The van der Waals surface area contributed by atoms with Crippen molar-refractivity contribution in [2.75, 3.05) is 47.4 Å². The third kappa shape index (κ3) is 7.80. The molecule has 8 heteroatoms. The van der Waals surface area contributed by atoms with Crippen molar-refractivity contribution < 1.29 is 13.9 Å².